The largest absolute Gasteiger partial charge is 0.377 e. The van der Waals surface area contributed by atoms with E-state index >= 15 is 0 Å². The summed E-state index contributed by atoms with van der Waals surface area (Å²) in [6.45, 7) is 0.956. The van der Waals surface area contributed by atoms with Crippen molar-refractivity contribution < 1.29 is 18.3 Å². The summed E-state index contributed by atoms with van der Waals surface area (Å²) in [6.07, 6.45) is 1.55. The number of hydrogen-bond acceptors (Lipinski definition) is 8. The molecule has 2 aromatic heterocycles. The minimum Gasteiger partial charge on any atom is -0.377 e. The molecule has 1 aliphatic heterocycles. The predicted molar refractivity (Wildman–Crippen MR) is 88.1 cm³/mol. The van der Waals surface area contributed by atoms with Gasteiger partial charge in [-0.2, -0.15) is 0 Å². The van der Waals surface area contributed by atoms with Gasteiger partial charge < -0.3 is 4.74 Å². The number of nitrogens with zero attached hydrogens (tertiary/aromatic N) is 8. The van der Waals surface area contributed by atoms with Gasteiger partial charge in [0.05, 0.1) is 5.92 Å². The van der Waals surface area contributed by atoms with Crippen LogP contribution in [0.4, 0.5) is 14.7 Å². The fraction of sp³-hybridized carbons (Fsp3) is 0.643. The summed E-state index contributed by atoms with van der Waals surface area (Å²) < 4.78 is 35.1. The predicted octanol–water partition coefficient (Wildman–Crippen LogP) is 0.267. The third kappa shape index (κ3) is 4.13. The molecule has 0 saturated heterocycles. The number of carbonyl (C=O) groups excluding carboxylic acids is 1. The zero-order valence-electron chi connectivity index (χ0n) is 15.0. The second kappa shape index (κ2) is 7.42. The third-order valence-corrected chi connectivity index (χ3v) is 4.13. The van der Waals surface area contributed by atoms with E-state index < -0.39 is 23.8 Å². The monoisotopic (exact) mass is 383 g/mol. The highest BCUT2D eigenvalue weighted by Crippen LogP contribution is 2.31. The van der Waals surface area contributed by atoms with Crippen LogP contribution in [0, 0.1) is 5.92 Å². The van der Waals surface area contributed by atoms with Crippen molar-refractivity contribution in [3.8, 4) is 0 Å². The lowest BCUT2D eigenvalue weighted by molar-refractivity contribution is -0.118. The van der Waals surface area contributed by atoms with E-state index in [2.05, 4.69) is 35.9 Å². The molecule has 3 rings (SSSR count). The minimum absolute atomic E-state index is 0.0573. The molecule has 0 aliphatic carbocycles. The Morgan fingerprint density at radius 1 is 1.44 bits per heavy atom. The van der Waals surface area contributed by atoms with Gasteiger partial charge in [-0.05, 0) is 23.3 Å². The lowest BCUT2D eigenvalue weighted by Crippen LogP contribution is -2.42. The van der Waals surface area contributed by atoms with E-state index in [1.54, 1.807) is 7.05 Å². The van der Waals surface area contributed by atoms with Gasteiger partial charge in [-0.3, -0.25) is 15.1 Å². The maximum atomic E-state index is 13.8. The van der Waals surface area contributed by atoms with Gasteiger partial charge >= 0.3 is 0 Å². The molecule has 0 spiro atoms. The van der Waals surface area contributed by atoms with Crippen molar-refractivity contribution >= 4 is 17.7 Å². The summed E-state index contributed by atoms with van der Waals surface area (Å²) in [4.78, 5) is 20.9. The Kier molecular flexibility index (Phi) is 5.21. The van der Waals surface area contributed by atoms with E-state index in [1.165, 1.54) is 22.8 Å². The van der Waals surface area contributed by atoms with E-state index in [4.69, 9.17) is 4.74 Å². The van der Waals surface area contributed by atoms with Gasteiger partial charge in [0.1, 0.15) is 24.8 Å². The molecule has 0 saturated carbocycles. The normalized spacial score (nSPS) is 20.4. The Morgan fingerprint density at radius 3 is 2.85 bits per heavy atom. The molecular weight excluding hydrogens is 364 g/mol. The summed E-state index contributed by atoms with van der Waals surface area (Å²) in [5.41, 5.74) is 0. The van der Waals surface area contributed by atoms with Crippen molar-refractivity contribution in [1.29, 1.82) is 0 Å². The average molecular weight is 383 g/mol. The molecule has 1 aliphatic rings. The van der Waals surface area contributed by atoms with Crippen molar-refractivity contribution in [2.75, 3.05) is 12.4 Å². The first kappa shape index (κ1) is 18.9. The molecule has 0 fully saturated rings. The van der Waals surface area contributed by atoms with Crippen molar-refractivity contribution in [2.24, 2.45) is 18.0 Å². The van der Waals surface area contributed by atoms with Crippen molar-refractivity contribution in [3.05, 3.63) is 12.2 Å². The molecule has 1 amide bonds. The van der Waals surface area contributed by atoms with Gasteiger partial charge in [-0.1, -0.05) is 5.10 Å². The fourth-order valence-corrected chi connectivity index (χ4v) is 2.74. The number of aromatic nitrogens is 7. The number of anilines is 1. The summed E-state index contributed by atoms with van der Waals surface area (Å²) in [5.74, 6) is -3.71. The van der Waals surface area contributed by atoms with E-state index in [1.807, 2.05) is 0 Å². The zero-order chi connectivity index (χ0) is 19.6. The number of ether oxygens (including phenoxy) is 1. The molecular formula is C14H19F2N9O2. The first-order valence-electron chi connectivity index (χ1n) is 8.18. The van der Waals surface area contributed by atoms with Crippen LogP contribution in [0.3, 0.4) is 0 Å². The van der Waals surface area contributed by atoms with Gasteiger partial charge in [-0.15, -0.1) is 5.10 Å². The van der Waals surface area contributed by atoms with E-state index in [0.29, 0.717) is 5.82 Å². The Labute approximate surface area is 152 Å². The molecule has 11 nitrogen and oxygen atoms in total. The van der Waals surface area contributed by atoms with E-state index in [9.17, 15) is 13.6 Å². The Bertz CT molecular complexity index is 842. The highest BCUT2D eigenvalue weighted by Gasteiger charge is 2.41. The van der Waals surface area contributed by atoms with Crippen LogP contribution in [0.25, 0.3) is 0 Å². The third-order valence-electron chi connectivity index (χ3n) is 4.13. The lowest BCUT2D eigenvalue weighted by atomic mass is 9.92. The lowest BCUT2D eigenvalue weighted by Gasteiger charge is -2.29. The number of rotatable bonds is 5. The van der Waals surface area contributed by atoms with Crippen LogP contribution in [-0.2, 0) is 23.2 Å². The topological polar surface area (TPSA) is 125 Å². The first-order valence-corrected chi connectivity index (χ1v) is 8.18. The van der Waals surface area contributed by atoms with Crippen LogP contribution >= 0.6 is 0 Å². The molecule has 2 aromatic rings. The van der Waals surface area contributed by atoms with Gasteiger partial charge in [0, 0.05) is 21.1 Å². The first-order chi connectivity index (χ1) is 12.8. The maximum Gasteiger partial charge on any atom is 0.267 e. The summed E-state index contributed by atoms with van der Waals surface area (Å²) >= 11 is 0. The number of alkyl halides is 2. The number of methoxy groups -OCH3 is 1. The van der Waals surface area contributed by atoms with E-state index in [-0.39, 0.29) is 31.2 Å². The number of amides is 1. The summed E-state index contributed by atoms with van der Waals surface area (Å²) in [5, 5.41) is 17.5. The Balaban J connectivity index is 1.91. The highest BCUT2D eigenvalue weighted by atomic mass is 19.3. The van der Waals surface area contributed by atoms with E-state index in [0.717, 1.165) is 6.92 Å². The van der Waals surface area contributed by atoms with Gasteiger partial charge in [0.15, 0.2) is 5.82 Å². The fourth-order valence-electron chi connectivity index (χ4n) is 2.74. The van der Waals surface area contributed by atoms with Crippen LogP contribution in [0.2, 0.25) is 0 Å². The van der Waals surface area contributed by atoms with Crippen molar-refractivity contribution in [3.63, 3.8) is 0 Å². The molecule has 2 atom stereocenters. The molecule has 0 bridgehead atoms. The Hall–Kier alpha value is -2.83. The number of carbonyl (C=O) groups is 1. The second-order valence-electron chi connectivity index (χ2n) is 6.24. The smallest absolute Gasteiger partial charge is 0.267 e. The van der Waals surface area contributed by atoms with Crippen LogP contribution in [0.5, 0.6) is 0 Å². The van der Waals surface area contributed by atoms with Crippen LogP contribution in [0.1, 0.15) is 25.6 Å². The number of halogens is 2. The van der Waals surface area contributed by atoms with Crippen molar-refractivity contribution in [2.45, 2.75) is 38.3 Å². The van der Waals surface area contributed by atoms with Gasteiger partial charge in [-0.25, -0.2) is 23.1 Å². The molecule has 0 aromatic carbocycles. The number of aliphatic imine (C=N–C) groups is 1. The summed E-state index contributed by atoms with van der Waals surface area (Å²) in [6, 6.07) is -1.25. The molecule has 3 heterocycles. The molecule has 1 N–H and O–H groups in total. The Morgan fingerprint density at radius 2 is 2.22 bits per heavy atom. The molecule has 2 unspecified atom stereocenters. The van der Waals surface area contributed by atoms with Gasteiger partial charge in [0.25, 0.3) is 5.92 Å². The highest BCUT2D eigenvalue weighted by molar-refractivity contribution is 6.08. The second-order valence-corrected chi connectivity index (χ2v) is 6.24. The molecule has 27 heavy (non-hydrogen) atoms. The quantitative estimate of drug-likeness (QED) is 0.785. The zero-order valence-corrected chi connectivity index (χ0v) is 15.0. The number of nitrogens with one attached hydrogen (secondary N) is 1. The molecule has 146 valence electrons. The van der Waals surface area contributed by atoms with Gasteiger partial charge in [0.2, 0.25) is 11.9 Å². The van der Waals surface area contributed by atoms with Crippen LogP contribution in [-0.4, -0.2) is 65.8 Å². The molecule has 0 radical (unpaired) electrons. The van der Waals surface area contributed by atoms with Crippen molar-refractivity contribution in [1.82, 2.24) is 35.0 Å². The standard InChI is InChI=1S/C14H19F2N9O2/c1-14(15,16)9-5-4-8(12(26)19-13-20-22-23-24(13)2)11(18-9)25-7-17-10(21-25)6-27-3/h7-9H,4-6H2,1-3H3,(H,19,20,23,26). The molecule has 13 heteroatoms. The van der Waals surface area contributed by atoms with Crippen LogP contribution < -0.4 is 5.32 Å². The minimum atomic E-state index is -3.02. The summed E-state index contributed by atoms with van der Waals surface area (Å²) in [7, 11) is 3.05. The number of aryl methyl sites for hydroxylation is 1. The SMILES string of the molecule is COCc1ncn(C2=NC(C(C)(F)F)CCC2C(=O)Nc2nnnn2C)n1. The number of hydrogen-bond donors (Lipinski definition) is 1. The number of tetrazole rings is 1. The van der Waals surface area contributed by atoms with Crippen LogP contribution in [0.15, 0.2) is 11.3 Å². The average Bonchev–Trinajstić information content (AvgIpc) is 3.23. The maximum absolute atomic E-state index is 13.8.